The minimum atomic E-state index is 0.644. The first kappa shape index (κ1) is 9.31. The summed E-state index contributed by atoms with van der Waals surface area (Å²) in [4.78, 5) is 0. The molecule has 0 saturated carbocycles. The smallest absolute Gasteiger partial charge is 0.0167 e. The molecule has 0 aliphatic rings. The molecule has 0 bridgehead atoms. The molecule has 0 amide bonds. The lowest BCUT2D eigenvalue weighted by molar-refractivity contribution is 0.564. The predicted octanol–water partition coefficient (Wildman–Crippen LogP) is 1.74. The molecule has 9 heavy (non-hydrogen) atoms. The first-order valence-electron chi connectivity index (χ1n) is 3.48. The van der Waals surface area contributed by atoms with Gasteiger partial charge in [0.2, 0.25) is 0 Å². The third kappa shape index (κ3) is 3.82. The van der Waals surface area contributed by atoms with Crippen LogP contribution in [0.3, 0.4) is 0 Å². The van der Waals surface area contributed by atoms with Gasteiger partial charge in [0.1, 0.15) is 0 Å². The van der Waals surface area contributed by atoms with Crippen LogP contribution in [-0.2, 0) is 0 Å². The molecule has 0 fully saturated rings. The Balaban J connectivity index is 3.32. The molecule has 2 heteroatoms. The number of nitrogens with one attached hydrogen (secondary N) is 1. The molecule has 0 rings (SSSR count). The van der Waals surface area contributed by atoms with Crippen molar-refractivity contribution in [2.75, 3.05) is 12.8 Å². The van der Waals surface area contributed by atoms with Crippen molar-refractivity contribution in [1.82, 2.24) is 5.32 Å². The molecular formula is C7H17NS. The van der Waals surface area contributed by atoms with Crippen molar-refractivity contribution in [3.05, 3.63) is 0 Å². The summed E-state index contributed by atoms with van der Waals surface area (Å²) in [5.74, 6) is 0. The van der Waals surface area contributed by atoms with Crippen molar-refractivity contribution in [1.29, 1.82) is 0 Å². The van der Waals surface area contributed by atoms with E-state index < -0.39 is 0 Å². The van der Waals surface area contributed by atoms with Gasteiger partial charge in [-0.1, -0.05) is 13.8 Å². The molecule has 0 saturated heterocycles. The monoisotopic (exact) mass is 147 g/mol. The molecule has 0 heterocycles. The average molecular weight is 147 g/mol. The van der Waals surface area contributed by atoms with Gasteiger partial charge < -0.3 is 5.32 Å². The first-order valence-corrected chi connectivity index (χ1v) is 4.77. The summed E-state index contributed by atoms with van der Waals surface area (Å²) in [5, 5.41) is 4.10. The molecule has 0 aliphatic carbocycles. The van der Waals surface area contributed by atoms with Crippen LogP contribution in [0.2, 0.25) is 0 Å². The highest BCUT2D eigenvalue weighted by atomic mass is 32.2. The van der Waals surface area contributed by atoms with Gasteiger partial charge in [-0.15, -0.1) is 0 Å². The van der Waals surface area contributed by atoms with Gasteiger partial charge in [-0.3, -0.25) is 0 Å². The molecule has 1 nitrogen and oxygen atoms in total. The summed E-state index contributed by atoms with van der Waals surface area (Å²) in [5.41, 5.74) is 0. The Morgan fingerprint density at radius 3 is 2.33 bits per heavy atom. The topological polar surface area (TPSA) is 12.0 Å². The Morgan fingerprint density at radius 2 is 2.00 bits per heavy atom. The largest absolute Gasteiger partial charge is 0.313 e. The zero-order valence-corrected chi connectivity index (χ0v) is 7.59. The Hall–Kier alpha value is 0.310. The minimum absolute atomic E-state index is 0.644. The fourth-order valence-corrected chi connectivity index (χ4v) is 1.20. The number of thioether (sulfide) groups is 1. The molecular weight excluding hydrogens is 130 g/mol. The Kier molecular flexibility index (Phi) is 5.30. The Labute approximate surface area is 62.6 Å². The quantitative estimate of drug-likeness (QED) is 0.650. The second-order valence-corrected chi connectivity index (χ2v) is 3.50. The van der Waals surface area contributed by atoms with Crippen LogP contribution in [0, 0.1) is 0 Å². The molecule has 0 radical (unpaired) electrons. The molecule has 0 aromatic heterocycles. The molecule has 0 spiro atoms. The van der Waals surface area contributed by atoms with Crippen LogP contribution in [0.4, 0.5) is 0 Å². The molecule has 56 valence electrons. The molecule has 2 unspecified atom stereocenters. The SMILES string of the molecule is CCNC(C)C(C)SC. The van der Waals surface area contributed by atoms with Crippen LogP contribution in [0.1, 0.15) is 20.8 Å². The summed E-state index contributed by atoms with van der Waals surface area (Å²) in [6, 6.07) is 0.644. The standard InChI is InChI=1S/C7H17NS/c1-5-8-6(2)7(3)9-4/h6-8H,5H2,1-4H3. The summed E-state index contributed by atoms with van der Waals surface area (Å²) < 4.78 is 0. The maximum atomic E-state index is 3.38. The van der Waals surface area contributed by atoms with Crippen LogP contribution in [0.5, 0.6) is 0 Å². The van der Waals surface area contributed by atoms with E-state index in [2.05, 4.69) is 32.3 Å². The van der Waals surface area contributed by atoms with Crippen molar-refractivity contribution in [2.24, 2.45) is 0 Å². The second kappa shape index (κ2) is 5.12. The van der Waals surface area contributed by atoms with E-state index >= 15 is 0 Å². The molecule has 0 aromatic rings. The maximum Gasteiger partial charge on any atom is 0.0167 e. The van der Waals surface area contributed by atoms with E-state index in [9.17, 15) is 0 Å². The third-order valence-electron chi connectivity index (χ3n) is 1.60. The van der Waals surface area contributed by atoms with Gasteiger partial charge >= 0.3 is 0 Å². The van der Waals surface area contributed by atoms with E-state index in [1.807, 2.05) is 11.8 Å². The van der Waals surface area contributed by atoms with E-state index in [0.717, 1.165) is 11.8 Å². The van der Waals surface area contributed by atoms with Crippen molar-refractivity contribution in [3.63, 3.8) is 0 Å². The van der Waals surface area contributed by atoms with Gasteiger partial charge in [-0.2, -0.15) is 11.8 Å². The van der Waals surface area contributed by atoms with E-state index in [1.165, 1.54) is 0 Å². The second-order valence-electron chi connectivity index (χ2n) is 2.29. The third-order valence-corrected chi connectivity index (χ3v) is 2.75. The van der Waals surface area contributed by atoms with Gasteiger partial charge in [-0.25, -0.2) is 0 Å². The summed E-state index contributed by atoms with van der Waals surface area (Å²) >= 11 is 1.91. The predicted molar refractivity (Wildman–Crippen MR) is 46.1 cm³/mol. The maximum absolute atomic E-state index is 3.38. The summed E-state index contributed by atoms with van der Waals surface area (Å²) in [6.07, 6.45) is 2.15. The Bertz CT molecular complexity index is 65.9. The zero-order valence-electron chi connectivity index (χ0n) is 6.77. The van der Waals surface area contributed by atoms with Gasteiger partial charge in [0.15, 0.2) is 0 Å². The number of rotatable bonds is 4. The number of hydrogen-bond acceptors (Lipinski definition) is 2. The van der Waals surface area contributed by atoms with Gasteiger partial charge in [0, 0.05) is 11.3 Å². The summed E-state index contributed by atoms with van der Waals surface area (Å²) in [6.45, 7) is 7.69. The van der Waals surface area contributed by atoms with Crippen molar-refractivity contribution in [3.8, 4) is 0 Å². The van der Waals surface area contributed by atoms with Crippen LogP contribution in [0.15, 0.2) is 0 Å². The van der Waals surface area contributed by atoms with Gasteiger partial charge in [0.05, 0.1) is 0 Å². The molecule has 0 aromatic carbocycles. The highest BCUT2D eigenvalue weighted by Gasteiger charge is 2.07. The lowest BCUT2D eigenvalue weighted by Crippen LogP contribution is -2.33. The van der Waals surface area contributed by atoms with Crippen LogP contribution in [0.25, 0.3) is 0 Å². The van der Waals surface area contributed by atoms with Gasteiger partial charge in [-0.05, 0) is 19.7 Å². The average Bonchev–Trinajstić information content (AvgIpc) is 1.87. The van der Waals surface area contributed by atoms with Crippen molar-refractivity contribution < 1.29 is 0 Å². The number of hydrogen-bond donors (Lipinski definition) is 1. The van der Waals surface area contributed by atoms with Crippen LogP contribution >= 0.6 is 11.8 Å². The summed E-state index contributed by atoms with van der Waals surface area (Å²) in [7, 11) is 0. The van der Waals surface area contributed by atoms with Crippen LogP contribution < -0.4 is 5.32 Å². The van der Waals surface area contributed by atoms with Crippen LogP contribution in [-0.4, -0.2) is 24.1 Å². The molecule has 1 N–H and O–H groups in total. The Morgan fingerprint density at radius 1 is 1.44 bits per heavy atom. The van der Waals surface area contributed by atoms with E-state index in [-0.39, 0.29) is 0 Å². The minimum Gasteiger partial charge on any atom is -0.313 e. The van der Waals surface area contributed by atoms with E-state index in [0.29, 0.717) is 6.04 Å². The van der Waals surface area contributed by atoms with Crippen molar-refractivity contribution in [2.45, 2.75) is 32.1 Å². The lowest BCUT2D eigenvalue weighted by atomic mass is 10.2. The highest BCUT2D eigenvalue weighted by molar-refractivity contribution is 7.99. The van der Waals surface area contributed by atoms with Gasteiger partial charge in [0.25, 0.3) is 0 Å². The lowest BCUT2D eigenvalue weighted by Gasteiger charge is -2.17. The fourth-order valence-electron chi connectivity index (χ4n) is 0.692. The molecule has 0 aliphatic heterocycles. The fraction of sp³-hybridized carbons (Fsp3) is 1.00. The highest BCUT2D eigenvalue weighted by Crippen LogP contribution is 2.08. The van der Waals surface area contributed by atoms with E-state index in [4.69, 9.17) is 0 Å². The van der Waals surface area contributed by atoms with Crippen molar-refractivity contribution >= 4 is 11.8 Å². The first-order chi connectivity index (χ1) is 4.22. The molecule has 2 atom stereocenters. The zero-order chi connectivity index (χ0) is 7.28. The van der Waals surface area contributed by atoms with E-state index in [1.54, 1.807) is 0 Å². The normalized spacial score (nSPS) is 17.3.